The van der Waals surface area contributed by atoms with E-state index in [1.165, 1.54) is 6.08 Å². The Balaban J connectivity index is 2.72. The number of hydrogen-bond acceptors (Lipinski definition) is 8. The first-order chi connectivity index (χ1) is 13.3. The molecule has 0 radical (unpaired) electrons. The van der Waals surface area contributed by atoms with Gasteiger partial charge in [-0.25, -0.2) is 0 Å². The minimum atomic E-state index is -1.53. The summed E-state index contributed by atoms with van der Waals surface area (Å²) in [6.07, 6.45) is -1.87. The molecule has 8 heteroatoms. The summed E-state index contributed by atoms with van der Waals surface area (Å²) < 4.78 is 11.1. The van der Waals surface area contributed by atoms with Crippen LogP contribution in [0, 0.1) is 0 Å². The standard InChI is InChI=1S/C21H38O8/c1-6-21(5,27)11-7-8-13(2)9-10-15(20(3,4)26)29-19-18(25)17(24)16(23)14(12-22)28-19/h6,8,14-19,22-27H,1,7,9-12H2,2-5H3. The minimum absolute atomic E-state index is 0.415. The normalized spacial score (nSPS) is 31.9. The third-order valence-electron chi connectivity index (χ3n) is 5.32. The van der Waals surface area contributed by atoms with Crippen molar-refractivity contribution in [1.29, 1.82) is 0 Å². The molecular formula is C21H38O8. The highest BCUT2D eigenvalue weighted by atomic mass is 16.7. The van der Waals surface area contributed by atoms with E-state index in [2.05, 4.69) is 6.58 Å². The zero-order valence-electron chi connectivity index (χ0n) is 17.9. The molecule has 7 unspecified atom stereocenters. The summed E-state index contributed by atoms with van der Waals surface area (Å²) in [7, 11) is 0. The molecule has 1 aliphatic rings. The molecule has 0 aromatic heterocycles. The van der Waals surface area contributed by atoms with E-state index in [1.54, 1.807) is 20.8 Å². The highest BCUT2D eigenvalue weighted by Gasteiger charge is 2.46. The SMILES string of the molecule is C=CC(C)(O)CCC=C(C)CCC(OC1OC(CO)C(O)C(O)C1O)C(C)(C)O. The van der Waals surface area contributed by atoms with Crippen LogP contribution in [0.15, 0.2) is 24.3 Å². The number of hydrogen-bond donors (Lipinski definition) is 6. The molecule has 1 heterocycles. The summed E-state index contributed by atoms with van der Waals surface area (Å²) in [5.41, 5.74) is -1.12. The summed E-state index contributed by atoms with van der Waals surface area (Å²) in [5, 5.41) is 59.7. The largest absolute Gasteiger partial charge is 0.394 e. The molecule has 0 bridgehead atoms. The van der Waals surface area contributed by atoms with Gasteiger partial charge in [-0.15, -0.1) is 6.58 Å². The van der Waals surface area contributed by atoms with Gasteiger partial charge in [-0.05, 0) is 53.4 Å². The van der Waals surface area contributed by atoms with Crippen LogP contribution in [-0.4, -0.2) is 85.3 Å². The predicted molar refractivity (Wildman–Crippen MR) is 108 cm³/mol. The maximum absolute atomic E-state index is 10.5. The monoisotopic (exact) mass is 418 g/mol. The van der Waals surface area contributed by atoms with E-state index in [-0.39, 0.29) is 0 Å². The Kier molecular flexibility index (Phi) is 9.91. The van der Waals surface area contributed by atoms with E-state index in [1.807, 2.05) is 13.0 Å². The molecule has 0 saturated carbocycles. The molecule has 1 rings (SSSR count). The van der Waals surface area contributed by atoms with Crippen molar-refractivity contribution < 1.29 is 40.1 Å². The fourth-order valence-electron chi connectivity index (χ4n) is 3.10. The zero-order chi connectivity index (χ0) is 22.4. The number of rotatable bonds is 11. The van der Waals surface area contributed by atoms with Crippen molar-refractivity contribution >= 4 is 0 Å². The average Bonchev–Trinajstić information content (AvgIpc) is 2.63. The van der Waals surface area contributed by atoms with Crippen LogP contribution in [0.5, 0.6) is 0 Å². The van der Waals surface area contributed by atoms with Gasteiger partial charge in [0.15, 0.2) is 6.29 Å². The maximum Gasteiger partial charge on any atom is 0.187 e. The Morgan fingerprint density at radius 2 is 1.76 bits per heavy atom. The average molecular weight is 419 g/mol. The third-order valence-corrected chi connectivity index (χ3v) is 5.32. The molecule has 29 heavy (non-hydrogen) atoms. The van der Waals surface area contributed by atoms with Gasteiger partial charge in [0, 0.05) is 0 Å². The predicted octanol–water partition coefficient (Wildman–Crippen LogP) is 0.386. The van der Waals surface area contributed by atoms with Gasteiger partial charge in [0.1, 0.15) is 24.4 Å². The van der Waals surface area contributed by atoms with Gasteiger partial charge in [-0.2, -0.15) is 0 Å². The van der Waals surface area contributed by atoms with E-state index in [4.69, 9.17) is 9.47 Å². The molecule has 0 aromatic carbocycles. The molecule has 0 amide bonds. The lowest BCUT2D eigenvalue weighted by Crippen LogP contribution is -2.60. The summed E-state index contributed by atoms with van der Waals surface area (Å²) in [5.74, 6) is 0. The van der Waals surface area contributed by atoms with Crippen molar-refractivity contribution in [2.45, 2.75) is 101 Å². The van der Waals surface area contributed by atoms with Crippen molar-refractivity contribution in [2.75, 3.05) is 6.61 Å². The Morgan fingerprint density at radius 3 is 2.28 bits per heavy atom. The first kappa shape index (κ1) is 26.2. The first-order valence-electron chi connectivity index (χ1n) is 10.0. The lowest BCUT2D eigenvalue weighted by Gasteiger charge is -2.42. The maximum atomic E-state index is 10.5. The van der Waals surface area contributed by atoms with Crippen molar-refractivity contribution in [2.24, 2.45) is 0 Å². The fraction of sp³-hybridized carbons (Fsp3) is 0.810. The first-order valence-corrected chi connectivity index (χ1v) is 10.0. The van der Waals surface area contributed by atoms with Crippen LogP contribution in [0.3, 0.4) is 0 Å². The van der Waals surface area contributed by atoms with Crippen LogP contribution in [0.4, 0.5) is 0 Å². The summed E-state index contributed by atoms with van der Waals surface area (Å²) in [6, 6.07) is 0. The van der Waals surface area contributed by atoms with Crippen LogP contribution in [0.25, 0.3) is 0 Å². The molecule has 170 valence electrons. The van der Waals surface area contributed by atoms with Crippen molar-refractivity contribution in [1.82, 2.24) is 0 Å². The van der Waals surface area contributed by atoms with E-state index < -0.39 is 54.6 Å². The van der Waals surface area contributed by atoms with Crippen molar-refractivity contribution in [3.8, 4) is 0 Å². The van der Waals surface area contributed by atoms with Crippen LogP contribution < -0.4 is 0 Å². The number of aliphatic hydroxyl groups is 6. The molecule has 1 aliphatic heterocycles. The summed E-state index contributed by atoms with van der Waals surface area (Å²) in [6.45, 7) is 9.84. The fourth-order valence-corrected chi connectivity index (χ4v) is 3.10. The van der Waals surface area contributed by atoms with Gasteiger partial charge in [0.05, 0.1) is 23.9 Å². The molecule has 1 fully saturated rings. The van der Waals surface area contributed by atoms with E-state index in [0.717, 1.165) is 5.57 Å². The van der Waals surface area contributed by atoms with Gasteiger partial charge >= 0.3 is 0 Å². The summed E-state index contributed by atoms with van der Waals surface area (Å²) in [4.78, 5) is 0. The molecule has 6 N–H and O–H groups in total. The Labute approximate surface area is 173 Å². The number of ether oxygens (including phenoxy) is 2. The van der Waals surface area contributed by atoms with Crippen LogP contribution in [0.1, 0.15) is 53.4 Å². The second-order valence-corrected chi connectivity index (χ2v) is 8.66. The van der Waals surface area contributed by atoms with Crippen LogP contribution >= 0.6 is 0 Å². The minimum Gasteiger partial charge on any atom is -0.394 e. The molecule has 0 aliphatic carbocycles. The van der Waals surface area contributed by atoms with Gasteiger partial charge in [0.2, 0.25) is 0 Å². The molecule has 0 aromatic rings. The van der Waals surface area contributed by atoms with E-state index >= 15 is 0 Å². The molecular weight excluding hydrogens is 380 g/mol. The van der Waals surface area contributed by atoms with E-state index in [0.29, 0.717) is 25.7 Å². The Bertz CT molecular complexity index is 537. The summed E-state index contributed by atoms with van der Waals surface area (Å²) >= 11 is 0. The van der Waals surface area contributed by atoms with Gasteiger partial charge in [-0.3, -0.25) is 0 Å². The van der Waals surface area contributed by atoms with Crippen LogP contribution in [-0.2, 0) is 9.47 Å². The van der Waals surface area contributed by atoms with Gasteiger partial charge in [0.25, 0.3) is 0 Å². The molecule has 1 saturated heterocycles. The van der Waals surface area contributed by atoms with Gasteiger partial charge < -0.3 is 40.1 Å². The lowest BCUT2D eigenvalue weighted by atomic mass is 9.94. The number of allylic oxidation sites excluding steroid dienone is 2. The molecule has 7 atom stereocenters. The highest BCUT2D eigenvalue weighted by molar-refractivity contribution is 5.02. The molecule has 0 spiro atoms. The third kappa shape index (κ3) is 8.07. The zero-order valence-corrected chi connectivity index (χ0v) is 17.9. The van der Waals surface area contributed by atoms with Crippen LogP contribution in [0.2, 0.25) is 0 Å². The topological polar surface area (TPSA) is 140 Å². The van der Waals surface area contributed by atoms with E-state index in [9.17, 15) is 30.6 Å². The number of aliphatic hydroxyl groups excluding tert-OH is 4. The second kappa shape index (κ2) is 11.0. The van der Waals surface area contributed by atoms with Crippen molar-refractivity contribution in [3.05, 3.63) is 24.3 Å². The lowest BCUT2D eigenvalue weighted by molar-refractivity contribution is -0.322. The smallest absolute Gasteiger partial charge is 0.187 e. The van der Waals surface area contributed by atoms with Crippen molar-refractivity contribution in [3.63, 3.8) is 0 Å². The Hall–Kier alpha value is -0.840. The highest BCUT2D eigenvalue weighted by Crippen LogP contribution is 2.28. The molecule has 8 nitrogen and oxygen atoms in total. The second-order valence-electron chi connectivity index (χ2n) is 8.66. The Morgan fingerprint density at radius 1 is 1.14 bits per heavy atom. The quantitative estimate of drug-likeness (QED) is 0.265. The van der Waals surface area contributed by atoms with Gasteiger partial charge in [-0.1, -0.05) is 17.7 Å².